The molecule has 4 rings (SSSR count). The number of fused-ring (bicyclic) bond motifs is 1. The summed E-state index contributed by atoms with van der Waals surface area (Å²) in [4.78, 5) is 18.8. The van der Waals surface area contributed by atoms with Crippen molar-refractivity contribution in [2.45, 2.75) is 39.2 Å². The third kappa shape index (κ3) is 3.88. The van der Waals surface area contributed by atoms with Crippen LogP contribution in [0.15, 0.2) is 47.5 Å². The summed E-state index contributed by atoms with van der Waals surface area (Å²) in [7, 11) is 0. The third-order valence-corrected chi connectivity index (χ3v) is 5.86. The molecule has 2 aromatic rings. The van der Waals surface area contributed by atoms with Crippen molar-refractivity contribution in [2.24, 2.45) is 16.6 Å². The Morgan fingerprint density at radius 3 is 2.79 bits per heavy atom. The van der Waals surface area contributed by atoms with E-state index in [1.54, 1.807) is 0 Å². The second-order valence-electron chi connectivity index (χ2n) is 7.82. The van der Waals surface area contributed by atoms with Gasteiger partial charge in [0.15, 0.2) is 5.96 Å². The van der Waals surface area contributed by atoms with Gasteiger partial charge in [-0.25, -0.2) is 4.99 Å². The molecule has 1 aliphatic carbocycles. The largest absolute Gasteiger partial charge is 0.369 e. The van der Waals surface area contributed by atoms with Gasteiger partial charge in [-0.1, -0.05) is 43.2 Å². The SMILES string of the molecule is Cc1ccccc1-c1ccc2c(c1)CN(CCNC(=O)C1CCCC1)C(N)=N2. The lowest BCUT2D eigenvalue weighted by Crippen LogP contribution is -2.43. The minimum absolute atomic E-state index is 0.187. The number of benzene rings is 2. The lowest BCUT2D eigenvalue weighted by Gasteiger charge is -2.28. The Labute approximate surface area is 166 Å². The number of hydrogen-bond acceptors (Lipinski definition) is 4. The van der Waals surface area contributed by atoms with Crippen molar-refractivity contribution in [1.82, 2.24) is 10.2 Å². The number of rotatable bonds is 5. The number of guanidine groups is 1. The Morgan fingerprint density at radius 2 is 2.00 bits per heavy atom. The molecule has 0 bridgehead atoms. The smallest absolute Gasteiger partial charge is 0.223 e. The lowest BCUT2D eigenvalue weighted by atomic mass is 9.97. The van der Waals surface area contributed by atoms with E-state index in [-0.39, 0.29) is 11.8 Å². The van der Waals surface area contributed by atoms with Crippen LogP contribution in [-0.2, 0) is 11.3 Å². The number of carbonyl (C=O) groups excluding carboxylic acids is 1. The van der Waals surface area contributed by atoms with Crippen LogP contribution in [0.2, 0.25) is 0 Å². The van der Waals surface area contributed by atoms with Crippen molar-refractivity contribution in [3.8, 4) is 11.1 Å². The first-order valence-corrected chi connectivity index (χ1v) is 10.2. The maximum Gasteiger partial charge on any atom is 0.223 e. The summed E-state index contributed by atoms with van der Waals surface area (Å²) >= 11 is 0. The molecule has 0 saturated heterocycles. The number of carbonyl (C=O) groups is 1. The molecule has 28 heavy (non-hydrogen) atoms. The quantitative estimate of drug-likeness (QED) is 0.835. The monoisotopic (exact) mass is 376 g/mol. The molecule has 1 aliphatic heterocycles. The number of nitrogens with zero attached hydrogens (tertiary/aromatic N) is 2. The average molecular weight is 377 g/mol. The maximum atomic E-state index is 12.2. The number of nitrogens with one attached hydrogen (secondary N) is 1. The molecule has 0 radical (unpaired) electrons. The molecule has 1 heterocycles. The molecule has 0 aromatic heterocycles. The molecule has 1 fully saturated rings. The predicted molar refractivity (Wildman–Crippen MR) is 113 cm³/mol. The van der Waals surface area contributed by atoms with Crippen molar-refractivity contribution < 1.29 is 4.79 Å². The Hall–Kier alpha value is -2.82. The van der Waals surface area contributed by atoms with Crippen LogP contribution < -0.4 is 11.1 Å². The van der Waals surface area contributed by atoms with E-state index in [0.717, 1.165) is 24.1 Å². The zero-order valence-corrected chi connectivity index (χ0v) is 16.4. The van der Waals surface area contributed by atoms with E-state index >= 15 is 0 Å². The van der Waals surface area contributed by atoms with E-state index in [0.29, 0.717) is 25.6 Å². The van der Waals surface area contributed by atoms with Crippen molar-refractivity contribution in [1.29, 1.82) is 0 Å². The van der Waals surface area contributed by atoms with E-state index in [4.69, 9.17) is 5.73 Å². The van der Waals surface area contributed by atoms with E-state index in [1.807, 2.05) is 11.0 Å². The molecule has 5 nitrogen and oxygen atoms in total. The Balaban J connectivity index is 1.43. The standard InChI is InChI=1S/C23H28N4O/c1-16-6-2-5-9-20(16)18-10-11-21-19(14-18)15-27(23(24)26-21)13-12-25-22(28)17-7-3-4-8-17/h2,5-6,9-11,14,17H,3-4,7-8,12-13,15H2,1H3,(H2,24,26)(H,25,28). The van der Waals surface area contributed by atoms with Gasteiger partial charge in [0, 0.05) is 25.6 Å². The first-order chi connectivity index (χ1) is 13.6. The van der Waals surface area contributed by atoms with E-state index in [1.165, 1.54) is 29.5 Å². The van der Waals surface area contributed by atoms with Crippen molar-refractivity contribution in [3.63, 3.8) is 0 Å². The van der Waals surface area contributed by atoms with E-state index in [9.17, 15) is 4.79 Å². The fourth-order valence-electron chi connectivity index (χ4n) is 4.21. The first-order valence-electron chi connectivity index (χ1n) is 10.2. The summed E-state index contributed by atoms with van der Waals surface area (Å²) < 4.78 is 0. The summed E-state index contributed by atoms with van der Waals surface area (Å²) in [5.41, 5.74) is 12.0. The fourth-order valence-corrected chi connectivity index (χ4v) is 4.21. The van der Waals surface area contributed by atoms with Crippen LogP contribution in [0.1, 0.15) is 36.8 Å². The van der Waals surface area contributed by atoms with Crippen molar-refractivity contribution >= 4 is 17.6 Å². The number of amides is 1. The average Bonchev–Trinajstić information content (AvgIpc) is 3.23. The minimum atomic E-state index is 0.187. The van der Waals surface area contributed by atoms with Gasteiger partial charge in [0.05, 0.1) is 5.69 Å². The molecule has 0 unspecified atom stereocenters. The molecular formula is C23H28N4O. The van der Waals surface area contributed by atoms with Crippen LogP contribution in [0.3, 0.4) is 0 Å². The summed E-state index contributed by atoms with van der Waals surface area (Å²) in [5.74, 6) is 0.906. The summed E-state index contributed by atoms with van der Waals surface area (Å²) in [6, 6.07) is 14.8. The highest BCUT2D eigenvalue weighted by molar-refractivity contribution is 5.84. The molecule has 1 amide bonds. The van der Waals surface area contributed by atoms with Crippen LogP contribution in [0, 0.1) is 12.8 Å². The van der Waals surface area contributed by atoms with Crippen molar-refractivity contribution in [2.75, 3.05) is 13.1 Å². The molecule has 1 saturated carbocycles. The highest BCUT2D eigenvalue weighted by atomic mass is 16.1. The van der Waals surface area contributed by atoms with Gasteiger partial charge in [-0.3, -0.25) is 4.79 Å². The van der Waals surface area contributed by atoms with Gasteiger partial charge in [0.1, 0.15) is 0 Å². The van der Waals surface area contributed by atoms with E-state index < -0.39 is 0 Å². The van der Waals surface area contributed by atoms with Gasteiger partial charge in [-0.05, 0) is 54.2 Å². The number of aryl methyl sites for hydroxylation is 1. The van der Waals surface area contributed by atoms with Gasteiger partial charge >= 0.3 is 0 Å². The molecular weight excluding hydrogens is 348 g/mol. The van der Waals surface area contributed by atoms with Crippen molar-refractivity contribution in [3.05, 3.63) is 53.6 Å². The summed E-state index contributed by atoms with van der Waals surface area (Å²) in [5, 5.41) is 3.07. The second kappa shape index (κ2) is 8.05. The predicted octanol–water partition coefficient (Wildman–Crippen LogP) is 3.73. The minimum Gasteiger partial charge on any atom is -0.369 e. The molecule has 3 N–H and O–H groups in total. The first kappa shape index (κ1) is 18.5. The molecule has 2 aromatic carbocycles. The highest BCUT2D eigenvalue weighted by Crippen LogP contribution is 2.31. The maximum absolute atomic E-state index is 12.2. The summed E-state index contributed by atoms with van der Waals surface area (Å²) in [6.45, 7) is 4.11. The molecule has 146 valence electrons. The number of hydrogen-bond donors (Lipinski definition) is 2. The normalized spacial score (nSPS) is 16.6. The third-order valence-electron chi connectivity index (χ3n) is 5.86. The highest BCUT2D eigenvalue weighted by Gasteiger charge is 2.23. The number of nitrogens with two attached hydrogens (primary N) is 1. The lowest BCUT2D eigenvalue weighted by molar-refractivity contribution is -0.124. The van der Waals surface area contributed by atoms with Gasteiger partial charge in [-0.15, -0.1) is 0 Å². The molecule has 0 atom stereocenters. The topological polar surface area (TPSA) is 70.7 Å². The Bertz CT molecular complexity index is 899. The van der Waals surface area contributed by atoms with Crippen LogP contribution in [0.4, 0.5) is 5.69 Å². The zero-order valence-electron chi connectivity index (χ0n) is 16.4. The molecule has 5 heteroatoms. The zero-order chi connectivity index (χ0) is 19.5. The van der Waals surface area contributed by atoms with Crippen LogP contribution in [-0.4, -0.2) is 29.9 Å². The van der Waals surface area contributed by atoms with Crippen LogP contribution in [0.25, 0.3) is 11.1 Å². The number of aliphatic imine (C=N–C) groups is 1. The van der Waals surface area contributed by atoms with Gasteiger partial charge in [-0.2, -0.15) is 0 Å². The van der Waals surface area contributed by atoms with E-state index in [2.05, 4.69) is 53.6 Å². The molecule has 2 aliphatic rings. The van der Waals surface area contributed by atoms with Gasteiger partial charge in [0.2, 0.25) is 5.91 Å². The Morgan fingerprint density at radius 1 is 1.21 bits per heavy atom. The fraction of sp³-hybridized carbons (Fsp3) is 0.391. The van der Waals surface area contributed by atoms with Crippen LogP contribution >= 0.6 is 0 Å². The second-order valence-corrected chi connectivity index (χ2v) is 7.82. The van der Waals surface area contributed by atoms with Gasteiger partial charge < -0.3 is 16.0 Å². The Kier molecular flexibility index (Phi) is 5.33. The summed E-state index contributed by atoms with van der Waals surface area (Å²) in [6.07, 6.45) is 4.38. The van der Waals surface area contributed by atoms with Crippen LogP contribution in [0.5, 0.6) is 0 Å². The molecule has 0 spiro atoms. The van der Waals surface area contributed by atoms with Gasteiger partial charge in [0.25, 0.3) is 0 Å².